The first-order valence-electron chi connectivity index (χ1n) is 9.79. The molecule has 1 heterocycles. The second-order valence-corrected chi connectivity index (χ2v) is 9.45. The molecule has 0 atom stereocenters. The fourth-order valence-corrected chi connectivity index (χ4v) is 5.18. The van der Waals surface area contributed by atoms with Gasteiger partial charge in [-0.1, -0.05) is 24.3 Å². The molecule has 0 N–H and O–H groups in total. The zero-order valence-electron chi connectivity index (χ0n) is 17.5. The van der Waals surface area contributed by atoms with Gasteiger partial charge in [-0.3, -0.25) is 4.79 Å². The number of nitriles is 1. The summed E-state index contributed by atoms with van der Waals surface area (Å²) in [5.41, 5.74) is 3.37. The summed E-state index contributed by atoms with van der Waals surface area (Å²) in [6.45, 7) is 5.33. The van der Waals surface area contributed by atoms with Crippen molar-refractivity contribution in [2.45, 2.75) is 18.7 Å². The van der Waals surface area contributed by atoms with Gasteiger partial charge in [0.05, 0.1) is 17.0 Å². The normalized spacial score (nSPS) is 14.9. The van der Waals surface area contributed by atoms with E-state index in [0.29, 0.717) is 13.1 Å². The number of piperazine rings is 1. The summed E-state index contributed by atoms with van der Waals surface area (Å²) >= 11 is 0. The summed E-state index contributed by atoms with van der Waals surface area (Å²) in [4.78, 5) is 16.4. The van der Waals surface area contributed by atoms with E-state index < -0.39 is 10.0 Å². The van der Waals surface area contributed by atoms with Gasteiger partial charge in [0.2, 0.25) is 15.9 Å². The Morgan fingerprint density at radius 1 is 1.10 bits per heavy atom. The number of amides is 1. The second kappa shape index (κ2) is 8.86. The predicted octanol–water partition coefficient (Wildman–Crippen LogP) is 2.14. The highest BCUT2D eigenvalue weighted by molar-refractivity contribution is 7.89. The number of hydrogen-bond donors (Lipinski definition) is 0. The smallest absolute Gasteiger partial charge is 0.244 e. The van der Waals surface area contributed by atoms with Gasteiger partial charge < -0.3 is 9.80 Å². The van der Waals surface area contributed by atoms with Crippen LogP contribution in [0.2, 0.25) is 0 Å². The largest absolute Gasteiger partial charge is 0.365 e. The summed E-state index contributed by atoms with van der Waals surface area (Å²) in [6, 6.07) is 14.3. The number of carbonyl (C=O) groups excluding carboxylic acids is 1. The SMILES string of the molecule is Cc1ccc(C)c(N(C)CC(=O)N2CCN(S(=O)(=O)c3ccccc3C#N)CC2)c1. The van der Waals surface area contributed by atoms with Crippen molar-refractivity contribution >= 4 is 21.6 Å². The molecule has 30 heavy (non-hydrogen) atoms. The van der Waals surface area contributed by atoms with Crippen molar-refractivity contribution in [3.8, 4) is 6.07 Å². The van der Waals surface area contributed by atoms with Crippen LogP contribution < -0.4 is 4.90 Å². The van der Waals surface area contributed by atoms with E-state index in [1.54, 1.807) is 17.0 Å². The third kappa shape index (κ3) is 4.48. The molecule has 0 aliphatic carbocycles. The van der Waals surface area contributed by atoms with Crippen LogP contribution in [0.4, 0.5) is 5.69 Å². The molecule has 0 saturated carbocycles. The van der Waals surface area contributed by atoms with E-state index in [0.717, 1.165) is 16.8 Å². The van der Waals surface area contributed by atoms with Crippen LogP contribution in [0, 0.1) is 25.2 Å². The van der Waals surface area contributed by atoms with Crippen molar-refractivity contribution in [3.05, 3.63) is 59.2 Å². The van der Waals surface area contributed by atoms with Gasteiger partial charge in [0.1, 0.15) is 6.07 Å². The molecule has 2 aromatic carbocycles. The van der Waals surface area contributed by atoms with Crippen LogP contribution in [0.5, 0.6) is 0 Å². The molecule has 1 amide bonds. The van der Waals surface area contributed by atoms with Crippen molar-refractivity contribution in [2.24, 2.45) is 0 Å². The van der Waals surface area contributed by atoms with Crippen molar-refractivity contribution in [1.29, 1.82) is 5.26 Å². The van der Waals surface area contributed by atoms with Crippen LogP contribution in [0.15, 0.2) is 47.4 Å². The van der Waals surface area contributed by atoms with E-state index in [4.69, 9.17) is 0 Å². The monoisotopic (exact) mass is 426 g/mol. The highest BCUT2D eigenvalue weighted by atomic mass is 32.2. The first-order chi connectivity index (χ1) is 14.2. The first-order valence-corrected chi connectivity index (χ1v) is 11.2. The lowest BCUT2D eigenvalue weighted by molar-refractivity contribution is -0.130. The number of rotatable bonds is 5. The lowest BCUT2D eigenvalue weighted by Gasteiger charge is -2.35. The quantitative estimate of drug-likeness (QED) is 0.731. The molecule has 2 aromatic rings. The Morgan fingerprint density at radius 2 is 1.77 bits per heavy atom. The number of hydrogen-bond acceptors (Lipinski definition) is 5. The van der Waals surface area contributed by atoms with Crippen LogP contribution in [-0.4, -0.2) is 63.3 Å². The molecule has 1 saturated heterocycles. The van der Waals surface area contributed by atoms with E-state index in [9.17, 15) is 18.5 Å². The molecular weight excluding hydrogens is 400 g/mol. The molecule has 0 radical (unpaired) electrons. The molecule has 0 spiro atoms. The van der Waals surface area contributed by atoms with Crippen LogP contribution in [0.3, 0.4) is 0 Å². The van der Waals surface area contributed by atoms with Gasteiger partial charge in [0.15, 0.2) is 0 Å². The van der Waals surface area contributed by atoms with E-state index in [1.165, 1.54) is 16.4 Å². The maximum atomic E-state index is 12.9. The summed E-state index contributed by atoms with van der Waals surface area (Å²) in [7, 11) is -1.88. The molecule has 3 rings (SSSR count). The van der Waals surface area contributed by atoms with E-state index >= 15 is 0 Å². The Balaban J connectivity index is 1.64. The summed E-state index contributed by atoms with van der Waals surface area (Å²) in [5.74, 6) is -0.0344. The summed E-state index contributed by atoms with van der Waals surface area (Å²) in [6.07, 6.45) is 0. The van der Waals surface area contributed by atoms with Gasteiger partial charge in [-0.15, -0.1) is 0 Å². The summed E-state index contributed by atoms with van der Waals surface area (Å²) < 4.78 is 27.2. The molecule has 0 unspecified atom stereocenters. The maximum absolute atomic E-state index is 12.9. The Morgan fingerprint density at radius 3 is 2.43 bits per heavy atom. The molecule has 0 aromatic heterocycles. The van der Waals surface area contributed by atoms with Crippen LogP contribution in [0.25, 0.3) is 0 Å². The van der Waals surface area contributed by atoms with Crippen molar-refractivity contribution < 1.29 is 13.2 Å². The minimum atomic E-state index is -3.77. The predicted molar refractivity (Wildman–Crippen MR) is 116 cm³/mol. The number of likely N-dealkylation sites (N-methyl/N-ethyl adjacent to an activating group) is 1. The lowest BCUT2D eigenvalue weighted by atomic mass is 10.1. The van der Waals surface area contributed by atoms with Crippen LogP contribution in [-0.2, 0) is 14.8 Å². The molecule has 1 aliphatic heterocycles. The van der Waals surface area contributed by atoms with Gasteiger partial charge in [0.25, 0.3) is 0 Å². The minimum absolute atomic E-state index is 0.0157. The number of sulfonamides is 1. The van der Waals surface area contributed by atoms with Crippen molar-refractivity contribution in [2.75, 3.05) is 44.7 Å². The average Bonchev–Trinajstić information content (AvgIpc) is 2.75. The lowest BCUT2D eigenvalue weighted by Crippen LogP contribution is -2.52. The van der Waals surface area contributed by atoms with Crippen molar-refractivity contribution in [3.63, 3.8) is 0 Å². The van der Waals surface area contributed by atoms with Crippen LogP contribution in [0.1, 0.15) is 16.7 Å². The van der Waals surface area contributed by atoms with Gasteiger partial charge in [-0.2, -0.15) is 9.57 Å². The molecule has 1 fully saturated rings. The molecule has 7 nitrogen and oxygen atoms in total. The fraction of sp³-hybridized carbons (Fsp3) is 0.364. The van der Waals surface area contributed by atoms with Crippen molar-refractivity contribution in [1.82, 2.24) is 9.21 Å². The molecule has 1 aliphatic rings. The van der Waals surface area contributed by atoms with Gasteiger partial charge in [-0.05, 0) is 43.2 Å². The second-order valence-electron chi connectivity index (χ2n) is 7.54. The Bertz CT molecular complexity index is 1080. The van der Waals surface area contributed by atoms with Gasteiger partial charge in [0, 0.05) is 38.9 Å². The third-order valence-corrected chi connectivity index (χ3v) is 7.32. The number of nitrogens with zero attached hydrogens (tertiary/aromatic N) is 4. The Labute approximate surface area is 178 Å². The molecule has 0 bridgehead atoms. The highest BCUT2D eigenvalue weighted by Gasteiger charge is 2.31. The molecule has 8 heteroatoms. The fourth-order valence-electron chi connectivity index (χ4n) is 3.62. The number of benzene rings is 2. The highest BCUT2D eigenvalue weighted by Crippen LogP contribution is 2.22. The number of aryl methyl sites for hydroxylation is 2. The molecule has 158 valence electrons. The van der Waals surface area contributed by atoms with Crippen LogP contribution >= 0.6 is 0 Å². The standard InChI is InChI=1S/C22H26N4O3S/c1-17-8-9-18(2)20(14-17)24(3)16-22(27)25-10-12-26(13-11-25)30(28,29)21-7-5-4-6-19(21)15-23/h4-9,14H,10-13,16H2,1-3H3. The Hall–Kier alpha value is -2.89. The number of anilines is 1. The average molecular weight is 427 g/mol. The number of carbonyl (C=O) groups is 1. The van der Waals surface area contributed by atoms with E-state index in [1.807, 2.05) is 44.0 Å². The van der Waals surface area contributed by atoms with E-state index in [2.05, 4.69) is 6.07 Å². The van der Waals surface area contributed by atoms with Gasteiger partial charge >= 0.3 is 0 Å². The summed E-state index contributed by atoms with van der Waals surface area (Å²) in [5, 5.41) is 9.22. The van der Waals surface area contributed by atoms with Gasteiger partial charge in [-0.25, -0.2) is 8.42 Å². The first kappa shape index (κ1) is 21.8. The third-order valence-electron chi connectivity index (χ3n) is 5.36. The van der Waals surface area contributed by atoms with E-state index in [-0.39, 0.29) is 36.0 Å². The minimum Gasteiger partial charge on any atom is -0.365 e. The topological polar surface area (TPSA) is 84.7 Å². The zero-order chi connectivity index (χ0) is 21.9. The zero-order valence-corrected chi connectivity index (χ0v) is 18.3. The maximum Gasteiger partial charge on any atom is 0.244 e. The molecular formula is C22H26N4O3S. The Kier molecular flexibility index (Phi) is 6.44.